The van der Waals surface area contributed by atoms with Crippen LogP contribution in [0.2, 0.25) is 0 Å². The number of hydrogen-bond acceptors (Lipinski definition) is 1. The van der Waals surface area contributed by atoms with E-state index >= 15 is 0 Å². The summed E-state index contributed by atoms with van der Waals surface area (Å²) in [5, 5.41) is 7.10. The van der Waals surface area contributed by atoms with E-state index in [0.717, 1.165) is 0 Å². The van der Waals surface area contributed by atoms with Gasteiger partial charge in [0.25, 0.3) is 0 Å². The van der Waals surface area contributed by atoms with E-state index in [1.54, 1.807) is 0 Å². The van der Waals surface area contributed by atoms with Crippen LogP contribution >= 0.6 is 0 Å². The molecule has 0 spiro atoms. The number of nitriles is 1. The van der Waals surface area contributed by atoms with Crippen LogP contribution in [0.5, 0.6) is 0 Å². The molecule has 5 heavy (non-hydrogen) atoms. The summed E-state index contributed by atoms with van der Waals surface area (Å²) in [6, 6.07) is 0. The van der Waals surface area contributed by atoms with Crippen LogP contribution in [0, 0.1) is 11.2 Å². The molecule has 0 rings (SSSR count). The van der Waals surface area contributed by atoms with E-state index in [4.69, 9.17) is 5.26 Å². The van der Waals surface area contributed by atoms with Gasteiger partial charge < -0.3 is 6.15 Å². The second kappa shape index (κ2) is 24.3. The van der Waals surface area contributed by atoms with Gasteiger partial charge in [0.15, 0.2) is 0 Å². The van der Waals surface area contributed by atoms with Gasteiger partial charge in [-0.15, -0.1) is 0 Å². The van der Waals surface area contributed by atoms with Crippen LogP contribution in [0.1, 0.15) is 0 Å². The molecule has 0 heterocycles. The van der Waals surface area contributed by atoms with Crippen LogP contribution in [0.25, 0.3) is 6.15 Å². The van der Waals surface area contributed by atoms with E-state index in [2.05, 4.69) is 7.85 Å². The van der Waals surface area contributed by atoms with Gasteiger partial charge in [0, 0.05) is 0 Å². The van der Waals surface area contributed by atoms with Gasteiger partial charge in [-0.3, -0.25) is 0 Å². The number of nitrogens with two attached hydrogens (primary N) is 1. The Kier molecular flexibility index (Phi) is 86.4. The van der Waals surface area contributed by atoms with Crippen molar-refractivity contribution in [2.45, 2.75) is 0 Å². The van der Waals surface area contributed by atoms with Crippen molar-refractivity contribution in [1.82, 2.24) is 0 Å². The van der Waals surface area contributed by atoms with Crippen LogP contribution in [-0.2, 0) is 0 Å². The third-order valence-electron chi connectivity index (χ3n) is 0. The predicted molar refractivity (Wildman–Crippen MR) is 16.7 cm³/mol. The smallest absolute Gasteiger partial charge is 0.693 e. The first-order chi connectivity index (χ1) is 1.41. The van der Waals surface area contributed by atoms with Crippen molar-refractivity contribution in [2.24, 2.45) is 0 Å². The number of hydrogen-bond donors (Lipinski definition) is 0. The third-order valence-corrected chi connectivity index (χ3v) is 0. The van der Waals surface area contributed by atoms with Crippen LogP contribution in [0.4, 0.5) is 0 Å². The molecule has 0 saturated heterocycles. The first kappa shape index (κ1) is 17.8. The molecule has 0 aliphatic heterocycles. The van der Waals surface area contributed by atoms with Crippen molar-refractivity contribution < 1.29 is 29.6 Å². The van der Waals surface area contributed by atoms with E-state index in [0.29, 0.717) is 0 Å². The van der Waals surface area contributed by atoms with Gasteiger partial charge in [-0.05, 0) is 5.97 Å². The molecule has 0 atom stereocenters. The van der Waals surface area contributed by atoms with Gasteiger partial charge in [-0.25, -0.2) is 5.26 Å². The molecular weight excluding hydrogens is 73.8 g/mol. The molecule has 0 unspecified atom stereocenters. The fourth-order valence-corrected chi connectivity index (χ4v) is 0. The van der Waals surface area contributed by atoms with Gasteiger partial charge in [0.05, 0.1) is 0 Å². The van der Waals surface area contributed by atoms with Crippen molar-refractivity contribution in [3.05, 3.63) is 6.15 Å². The maximum absolute atomic E-state index is 7.10. The van der Waals surface area contributed by atoms with Crippen molar-refractivity contribution >= 4 is 7.85 Å². The van der Waals surface area contributed by atoms with Gasteiger partial charge in [-0.1, -0.05) is 0 Å². The average Bonchev–Trinajstić information content (AvgIpc) is 0.918. The van der Waals surface area contributed by atoms with Crippen LogP contribution in [0.3, 0.4) is 0 Å². The zero-order chi connectivity index (χ0) is 2.71. The summed E-state index contributed by atoms with van der Waals surface area (Å²) in [6.07, 6.45) is 0. The minimum Gasteiger partial charge on any atom is -0.693 e. The Hall–Kier alpha value is 0.515. The Morgan fingerprint density at radius 1 is 1.60 bits per heavy atom. The normalized spacial score (nSPS) is 1.40. The van der Waals surface area contributed by atoms with Crippen molar-refractivity contribution in [3.63, 3.8) is 0 Å². The van der Waals surface area contributed by atoms with E-state index in [1.807, 2.05) is 0 Å². The summed E-state index contributed by atoms with van der Waals surface area (Å²) >= 11 is 0. The van der Waals surface area contributed by atoms with E-state index in [9.17, 15) is 0 Å². The molecule has 2 radical (unpaired) electrons. The minimum absolute atomic E-state index is 0. The molecule has 0 aromatic carbocycles. The van der Waals surface area contributed by atoms with Gasteiger partial charge >= 0.3 is 29.6 Å². The molecule has 0 amide bonds. The Labute approximate surface area is 54.8 Å². The SMILES string of the molecule is [B]C#N.[NH2-].[Na+]. The summed E-state index contributed by atoms with van der Waals surface area (Å²) in [7, 11) is 4.15. The standard InChI is InChI=1S/CBN.H2N.Na/c2-1-3;;/h;1H2;/q;-1;+1. The fraction of sp³-hybridized carbons (Fsp3) is 0. The first-order valence-corrected chi connectivity index (χ1v) is 0.512. The van der Waals surface area contributed by atoms with E-state index in [1.165, 1.54) is 5.97 Å². The maximum atomic E-state index is 7.10. The molecular formula is CH2BN2Na. The molecule has 0 aromatic heterocycles. The summed E-state index contributed by atoms with van der Waals surface area (Å²) in [4.78, 5) is 0. The Morgan fingerprint density at radius 2 is 1.60 bits per heavy atom. The van der Waals surface area contributed by atoms with Crippen LogP contribution in [0.15, 0.2) is 0 Å². The molecule has 0 aromatic rings. The fourth-order valence-electron chi connectivity index (χ4n) is 0. The molecule has 0 saturated carbocycles. The molecule has 2 N–H and O–H groups in total. The molecule has 2 nitrogen and oxygen atoms in total. The topological polar surface area (TPSA) is 57.3 Å². The first-order valence-electron chi connectivity index (χ1n) is 0.512. The molecule has 0 aliphatic carbocycles. The predicted octanol–water partition coefficient (Wildman–Crippen LogP) is -2.64. The Morgan fingerprint density at radius 3 is 1.60 bits per heavy atom. The van der Waals surface area contributed by atoms with Gasteiger partial charge in [0.2, 0.25) is 7.85 Å². The number of rotatable bonds is 0. The van der Waals surface area contributed by atoms with E-state index < -0.39 is 0 Å². The molecule has 4 heteroatoms. The molecule has 0 bridgehead atoms. The van der Waals surface area contributed by atoms with Crippen molar-refractivity contribution in [1.29, 1.82) is 5.26 Å². The zero-order valence-electron chi connectivity index (χ0n) is 3.10. The van der Waals surface area contributed by atoms with Crippen LogP contribution in [-0.4, -0.2) is 7.85 Å². The second-order valence-electron chi connectivity index (χ2n) is 0.129. The zero-order valence-corrected chi connectivity index (χ0v) is 5.10. The number of nitrogens with zero attached hydrogens (tertiary/aromatic N) is 1. The van der Waals surface area contributed by atoms with Crippen molar-refractivity contribution in [3.8, 4) is 5.97 Å². The van der Waals surface area contributed by atoms with Gasteiger partial charge in [-0.2, -0.15) is 0 Å². The second-order valence-corrected chi connectivity index (χ2v) is 0.129. The summed E-state index contributed by atoms with van der Waals surface area (Å²) in [5.41, 5.74) is 0. The monoisotopic (exact) mass is 76.0 g/mol. The van der Waals surface area contributed by atoms with Crippen molar-refractivity contribution in [2.75, 3.05) is 0 Å². The Bertz CT molecular complexity index is 31.1. The van der Waals surface area contributed by atoms with Crippen LogP contribution < -0.4 is 29.6 Å². The van der Waals surface area contributed by atoms with Gasteiger partial charge in [0.1, 0.15) is 0 Å². The molecule has 0 fully saturated rings. The summed E-state index contributed by atoms with van der Waals surface area (Å²) in [5.74, 6) is 1.25. The third kappa shape index (κ3) is 108. The van der Waals surface area contributed by atoms with E-state index in [-0.39, 0.29) is 35.7 Å². The summed E-state index contributed by atoms with van der Waals surface area (Å²) < 4.78 is 0. The summed E-state index contributed by atoms with van der Waals surface area (Å²) in [6.45, 7) is 0. The quantitative estimate of drug-likeness (QED) is 0.291. The largest absolute Gasteiger partial charge is 1.00 e. The average molecular weight is 75.8 g/mol. The molecule has 20 valence electrons. The molecule has 0 aliphatic rings. The minimum atomic E-state index is 0. The Balaban J connectivity index is -0.0000000200. The maximum Gasteiger partial charge on any atom is 1.00 e.